The molecule has 8 nitrogen and oxygen atoms in total. The molecule has 3 aromatic rings. The quantitative estimate of drug-likeness (QED) is 0.520. The molecule has 2 N–H and O–H groups in total. The Bertz CT molecular complexity index is 1230. The van der Waals surface area contributed by atoms with Crippen LogP contribution in [-0.2, 0) is 14.8 Å². The second-order valence-electron chi connectivity index (χ2n) is 7.18. The highest BCUT2D eigenvalue weighted by atomic mass is 32.2. The topological polar surface area (TPSA) is 110 Å². The third-order valence-electron chi connectivity index (χ3n) is 5.08. The molecule has 3 aromatic carbocycles. The van der Waals surface area contributed by atoms with Crippen LogP contribution in [0.4, 0.5) is 11.4 Å². The second kappa shape index (κ2) is 10.2. The van der Waals surface area contributed by atoms with E-state index in [9.17, 15) is 18.0 Å². The molecule has 9 heteroatoms. The van der Waals surface area contributed by atoms with E-state index in [2.05, 4.69) is 0 Å². The number of hydrogen-bond acceptors (Lipinski definition) is 5. The minimum absolute atomic E-state index is 0.00317. The number of rotatable bonds is 9. The summed E-state index contributed by atoms with van der Waals surface area (Å²) in [6.07, 6.45) is -0.00317. The number of amides is 2. The molecule has 0 saturated carbocycles. The fourth-order valence-electron chi connectivity index (χ4n) is 3.28. The maximum absolute atomic E-state index is 13.2. The molecule has 0 atom stereocenters. The molecule has 0 aliphatic heterocycles. The number of para-hydroxylation sites is 3. The molecule has 0 saturated heterocycles. The van der Waals surface area contributed by atoms with Gasteiger partial charge in [0.25, 0.3) is 15.9 Å². The molecule has 0 bridgehead atoms. The molecular weight excluding hydrogens is 442 g/mol. The van der Waals surface area contributed by atoms with Crippen LogP contribution in [0.5, 0.6) is 5.75 Å². The Morgan fingerprint density at radius 1 is 0.909 bits per heavy atom. The van der Waals surface area contributed by atoms with Gasteiger partial charge < -0.3 is 15.4 Å². The summed E-state index contributed by atoms with van der Waals surface area (Å²) in [5.41, 5.74) is 6.54. The first-order chi connectivity index (χ1) is 15.8. The fourth-order valence-corrected chi connectivity index (χ4v) is 4.49. The molecule has 0 unspecified atom stereocenters. The van der Waals surface area contributed by atoms with Gasteiger partial charge in [-0.3, -0.25) is 13.9 Å². The maximum Gasteiger partial charge on any atom is 0.264 e. The molecule has 33 heavy (non-hydrogen) atoms. The third-order valence-corrected chi connectivity index (χ3v) is 6.86. The predicted octanol–water partition coefficient (Wildman–Crippen LogP) is 3.04. The zero-order valence-corrected chi connectivity index (χ0v) is 19.2. The minimum Gasteiger partial charge on any atom is -0.495 e. The van der Waals surface area contributed by atoms with Crippen LogP contribution in [0.2, 0.25) is 0 Å². The lowest BCUT2D eigenvalue weighted by molar-refractivity contribution is -0.117. The average molecular weight is 468 g/mol. The molecule has 0 heterocycles. The summed E-state index contributed by atoms with van der Waals surface area (Å²) in [6, 6.07) is 21.3. The molecule has 0 aliphatic rings. The van der Waals surface area contributed by atoms with Gasteiger partial charge in [0.2, 0.25) is 5.91 Å². The van der Waals surface area contributed by atoms with Gasteiger partial charge in [-0.25, -0.2) is 8.42 Å². The van der Waals surface area contributed by atoms with Crippen molar-refractivity contribution in [1.82, 2.24) is 0 Å². The predicted molar refractivity (Wildman–Crippen MR) is 127 cm³/mol. The molecule has 0 aliphatic carbocycles. The van der Waals surface area contributed by atoms with Crippen molar-refractivity contribution in [3.8, 4) is 5.75 Å². The normalized spacial score (nSPS) is 11.0. The van der Waals surface area contributed by atoms with Gasteiger partial charge in [0.15, 0.2) is 0 Å². The van der Waals surface area contributed by atoms with Crippen LogP contribution < -0.4 is 19.7 Å². The number of benzene rings is 3. The van der Waals surface area contributed by atoms with Gasteiger partial charge in [0.05, 0.1) is 17.7 Å². The van der Waals surface area contributed by atoms with Gasteiger partial charge in [-0.05, 0) is 48.5 Å². The number of carbonyl (C=O) groups excluding carboxylic acids is 2. The Balaban J connectivity index is 1.88. The van der Waals surface area contributed by atoms with E-state index in [1.807, 2.05) is 6.07 Å². The Kier molecular flexibility index (Phi) is 7.34. The van der Waals surface area contributed by atoms with Crippen LogP contribution in [-0.4, -0.2) is 40.9 Å². The summed E-state index contributed by atoms with van der Waals surface area (Å²) in [6.45, 7) is 0.106. The highest BCUT2D eigenvalue weighted by Gasteiger charge is 2.25. The summed E-state index contributed by atoms with van der Waals surface area (Å²) in [5, 5.41) is 0. The van der Waals surface area contributed by atoms with E-state index in [4.69, 9.17) is 10.5 Å². The van der Waals surface area contributed by atoms with Crippen molar-refractivity contribution in [3.05, 3.63) is 84.4 Å². The number of ether oxygens (including phenoxy) is 1. The number of primary amides is 1. The van der Waals surface area contributed by atoms with Gasteiger partial charge in [-0.1, -0.05) is 30.3 Å². The van der Waals surface area contributed by atoms with E-state index in [1.165, 1.54) is 43.3 Å². The van der Waals surface area contributed by atoms with Crippen molar-refractivity contribution < 1.29 is 22.7 Å². The van der Waals surface area contributed by atoms with Gasteiger partial charge in [-0.15, -0.1) is 0 Å². The Morgan fingerprint density at radius 2 is 1.52 bits per heavy atom. The molecule has 0 aromatic heterocycles. The zero-order chi connectivity index (χ0) is 24.0. The number of nitrogens with zero attached hydrogens (tertiary/aromatic N) is 2. The zero-order valence-electron chi connectivity index (χ0n) is 18.3. The lowest BCUT2D eigenvalue weighted by Crippen LogP contribution is -2.34. The molecule has 0 fully saturated rings. The Hall–Kier alpha value is -3.85. The van der Waals surface area contributed by atoms with E-state index >= 15 is 0 Å². The average Bonchev–Trinajstić information content (AvgIpc) is 2.84. The lowest BCUT2D eigenvalue weighted by Gasteiger charge is -2.23. The van der Waals surface area contributed by atoms with Crippen LogP contribution >= 0.6 is 0 Å². The Morgan fingerprint density at radius 3 is 2.12 bits per heavy atom. The van der Waals surface area contributed by atoms with Crippen molar-refractivity contribution in [2.45, 2.75) is 11.3 Å². The minimum atomic E-state index is -3.89. The highest BCUT2D eigenvalue weighted by molar-refractivity contribution is 7.92. The van der Waals surface area contributed by atoms with E-state index < -0.39 is 15.9 Å². The molecule has 3 rings (SSSR count). The van der Waals surface area contributed by atoms with Crippen LogP contribution in [0, 0.1) is 0 Å². The van der Waals surface area contributed by atoms with E-state index in [0.29, 0.717) is 17.1 Å². The first-order valence-corrected chi connectivity index (χ1v) is 11.6. The third kappa shape index (κ3) is 5.32. The van der Waals surface area contributed by atoms with Crippen molar-refractivity contribution >= 4 is 33.2 Å². The first kappa shape index (κ1) is 23.8. The van der Waals surface area contributed by atoms with Crippen molar-refractivity contribution in [1.29, 1.82) is 0 Å². The van der Waals surface area contributed by atoms with Crippen LogP contribution in [0.25, 0.3) is 0 Å². The number of methoxy groups -OCH3 is 1. The maximum atomic E-state index is 13.2. The van der Waals surface area contributed by atoms with Crippen LogP contribution in [0.3, 0.4) is 0 Å². The van der Waals surface area contributed by atoms with Gasteiger partial charge in [0, 0.05) is 31.3 Å². The summed E-state index contributed by atoms with van der Waals surface area (Å²) in [7, 11) is -0.987. The van der Waals surface area contributed by atoms with Crippen molar-refractivity contribution in [2.24, 2.45) is 5.73 Å². The fraction of sp³-hybridized carbons (Fsp3) is 0.167. The number of carbonyl (C=O) groups is 2. The smallest absolute Gasteiger partial charge is 0.264 e. The molecule has 172 valence electrons. The number of hydrogen-bond donors (Lipinski definition) is 1. The largest absolute Gasteiger partial charge is 0.495 e. The molecule has 0 radical (unpaired) electrons. The van der Waals surface area contributed by atoms with E-state index in [1.54, 1.807) is 48.5 Å². The van der Waals surface area contributed by atoms with Crippen LogP contribution in [0.1, 0.15) is 16.8 Å². The summed E-state index contributed by atoms with van der Waals surface area (Å²) in [5.74, 6) is -0.475. The SMILES string of the molecule is COc1ccccc1N(C)S(=O)(=O)c1ccc(C(=O)N(CCC(N)=O)c2ccccc2)cc1. The highest BCUT2D eigenvalue weighted by Crippen LogP contribution is 2.31. The monoisotopic (exact) mass is 467 g/mol. The second-order valence-corrected chi connectivity index (χ2v) is 9.15. The van der Waals surface area contributed by atoms with Gasteiger partial charge >= 0.3 is 0 Å². The number of nitrogens with two attached hydrogens (primary N) is 1. The van der Waals surface area contributed by atoms with Gasteiger partial charge in [0.1, 0.15) is 5.75 Å². The van der Waals surface area contributed by atoms with E-state index in [0.717, 1.165) is 4.31 Å². The Labute approximate surface area is 193 Å². The van der Waals surface area contributed by atoms with Crippen LogP contribution in [0.15, 0.2) is 83.8 Å². The van der Waals surface area contributed by atoms with Crippen molar-refractivity contribution in [3.63, 3.8) is 0 Å². The lowest BCUT2D eigenvalue weighted by atomic mass is 10.1. The molecular formula is C24H25N3O5S. The number of sulfonamides is 1. The summed E-state index contributed by atoms with van der Waals surface area (Å²) in [4.78, 5) is 25.9. The first-order valence-electron chi connectivity index (χ1n) is 10.1. The number of anilines is 2. The summed E-state index contributed by atoms with van der Waals surface area (Å²) < 4.78 is 32.7. The van der Waals surface area contributed by atoms with E-state index in [-0.39, 0.29) is 29.3 Å². The molecule has 2 amide bonds. The molecule has 0 spiro atoms. The van der Waals surface area contributed by atoms with Gasteiger partial charge in [-0.2, -0.15) is 0 Å². The summed E-state index contributed by atoms with van der Waals surface area (Å²) >= 11 is 0. The standard InChI is InChI=1S/C24H25N3O5S/c1-26(21-10-6-7-11-22(21)32-2)33(30,31)20-14-12-18(13-15-20)24(29)27(17-16-23(25)28)19-8-4-3-5-9-19/h3-15H,16-17H2,1-2H3,(H2,25,28). The van der Waals surface area contributed by atoms with Crippen molar-refractivity contribution in [2.75, 3.05) is 29.9 Å².